The van der Waals surface area contributed by atoms with Crippen molar-refractivity contribution in [2.45, 2.75) is 51.4 Å². The van der Waals surface area contributed by atoms with Crippen LogP contribution in [-0.2, 0) is 9.59 Å². The maximum absolute atomic E-state index is 11.1. The Morgan fingerprint density at radius 2 is 2.21 bits per heavy atom. The molecule has 1 fully saturated rings. The molecule has 0 heterocycles. The number of carbonyl (C=O) groups is 2. The fourth-order valence-corrected chi connectivity index (χ4v) is 2.07. The lowest BCUT2D eigenvalue weighted by Gasteiger charge is -2.20. The molecule has 14 heavy (non-hydrogen) atoms. The Balaban J connectivity index is 2.06. The van der Waals surface area contributed by atoms with Crippen LogP contribution in [0, 0.1) is 5.92 Å². The molecule has 1 unspecified atom stereocenters. The van der Waals surface area contributed by atoms with Crippen LogP contribution in [-0.4, -0.2) is 16.9 Å². The number of carbonyl (C=O) groups excluding carboxylic acids is 1. The molecular formula is C11H18O3. The Kier molecular flexibility index (Phi) is 4.63. The summed E-state index contributed by atoms with van der Waals surface area (Å²) < 4.78 is 0. The normalized spacial score (nSPS) is 22.3. The number of hydrogen-bond donors (Lipinski definition) is 1. The van der Waals surface area contributed by atoms with Gasteiger partial charge in [0, 0.05) is 19.3 Å². The van der Waals surface area contributed by atoms with Gasteiger partial charge in [-0.1, -0.05) is 12.8 Å². The van der Waals surface area contributed by atoms with Crippen LogP contribution in [0.15, 0.2) is 0 Å². The third kappa shape index (κ3) is 4.40. The Bertz CT molecular complexity index is 211. The highest BCUT2D eigenvalue weighted by molar-refractivity contribution is 5.79. The van der Waals surface area contributed by atoms with Gasteiger partial charge in [-0.3, -0.25) is 9.59 Å². The van der Waals surface area contributed by atoms with Crippen LogP contribution in [0.5, 0.6) is 0 Å². The average molecular weight is 198 g/mol. The molecule has 0 amide bonds. The second-order valence-electron chi connectivity index (χ2n) is 4.14. The van der Waals surface area contributed by atoms with E-state index in [0.717, 1.165) is 44.9 Å². The maximum Gasteiger partial charge on any atom is 0.303 e. The molecule has 1 N–H and O–H groups in total. The summed E-state index contributed by atoms with van der Waals surface area (Å²) in [5, 5.41) is 8.44. The van der Waals surface area contributed by atoms with E-state index >= 15 is 0 Å². The Morgan fingerprint density at radius 3 is 2.86 bits per heavy atom. The third-order valence-electron chi connectivity index (χ3n) is 2.84. The fourth-order valence-electron chi connectivity index (χ4n) is 2.07. The van der Waals surface area contributed by atoms with Gasteiger partial charge in [-0.25, -0.2) is 0 Å². The minimum absolute atomic E-state index is 0.265. The van der Waals surface area contributed by atoms with Crippen LogP contribution in [0.25, 0.3) is 0 Å². The number of ketones is 1. The predicted molar refractivity (Wildman–Crippen MR) is 53.1 cm³/mol. The van der Waals surface area contributed by atoms with Crippen molar-refractivity contribution in [3.8, 4) is 0 Å². The zero-order valence-corrected chi connectivity index (χ0v) is 8.50. The van der Waals surface area contributed by atoms with Crippen molar-refractivity contribution >= 4 is 11.8 Å². The molecule has 1 aliphatic rings. The van der Waals surface area contributed by atoms with Crippen LogP contribution in [0.1, 0.15) is 51.4 Å². The molecule has 0 aromatic rings. The summed E-state index contributed by atoms with van der Waals surface area (Å²) in [6.45, 7) is 0. The molecule has 80 valence electrons. The van der Waals surface area contributed by atoms with E-state index in [1.807, 2.05) is 0 Å². The van der Waals surface area contributed by atoms with Crippen LogP contribution in [0.4, 0.5) is 0 Å². The van der Waals surface area contributed by atoms with Crippen LogP contribution < -0.4 is 0 Å². The van der Waals surface area contributed by atoms with E-state index in [-0.39, 0.29) is 6.42 Å². The second-order valence-corrected chi connectivity index (χ2v) is 4.14. The summed E-state index contributed by atoms with van der Waals surface area (Å²) in [6.07, 6.45) is 6.66. The highest BCUT2D eigenvalue weighted by atomic mass is 16.4. The molecule has 3 heteroatoms. The SMILES string of the molecule is O=C(O)CCCCC1CCCC(=O)C1. The van der Waals surface area contributed by atoms with E-state index in [9.17, 15) is 9.59 Å². The monoisotopic (exact) mass is 198 g/mol. The number of unbranched alkanes of at least 4 members (excludes halogenated alkanes) is 1. The van der Waals surface area contributed by atoms with Crippen molar-refractivity contribution in [2.24, 2.45) is 5.92 Å². The van der Waals surface area contributed by atoms with Crippen molar-refractivity contribution in [1.29, 1.82) is 0 Å². The van der Waals surface area contributed by atoms with Crippen LogP contribution >= 0.6 is 0 Å². The first-order valence-electron chi connectivity index (χ1n) is 5.42. The zero-order valence-electron chi connectivity index (χ0n) is 8.50. The Labute approximate surface area is 84.5 Å². The van der Waals surface area contributed by atoms with Crippen LogP contribution in [0.3, 0.4) is 0 Å². The first kappa shape index (κ1) is 11.2. The summed E-state index contributed by atoms with van der Waals surface area (Å²) in [4.78, 5) is 21.4. The molecule has 1 saturated carbocycles. The van der Waals surface area contributed by atoms with Crippen molar-refractivity contribution in [3.05, 3.63) is 0 Å². The summed E-state index contributed by atoms with van der Waals surface area (Å²) >= 11 is 0. The van der Waals surface area contributed by atoms with E-state index < -0.39 is 5.97 Å². The number of carboxylic acids is 1. The molecule has 0 saturated heterocycles. The van der Waals surface area contributed by atoms with Crippen molar-refractivity contribution in [2.75, 3.05) is 0 Å². The molecule has 0 aromatic carbocycles. The smallest absolute Gasteiger partial charge is 0.303 e. The van der Waals surface area contributed by atoms with Gasteiger partial charge in [0.25, 0.3) is 0 Å². The van der Waals surface area contributed by atoms with Gasteiger partial charge in [-0.2, -0.15) is 0 Å². The van der Waals surface area contributed by atoms with E-state index in [0.29, 0.717) is 11.7 Å². The predicted octanol–water partition coefficient (Wildman–Crippen LogP) is 2.39. The minimum atomic E-state index is -0.718. The Hall–Kier alpha value is -0.860. The van der Waals surface area contributed by atoms with Gasteiger partial charge >= 0.3 is 5.97 Å². The van der Waals surface area contributed by atoms with Gasteiger partial charge in [-0.15, -0.1) is 0 Å². The zero-order chi connectivity index (χ0) is 10.4. The number of rotatable bonds is 5. The molecule has 1 aliphatic carbocycles. The molecular weight excluding hydrogens is 180 g/mol. The molecule has 0 spiro atoms. The lowest BCUT2D eigenvalue weighted by atomic mass is 9.85. The van der Waals surface area contributed by atoms with Gasteiger partial charge in [0.05, 0.1) is 0 Å². The lowest BCUT2D eigenvalue weighted by Crippen LogP contribution is -2.14. The quantitative estimate of drug-likeness (QED) is 0.690. The highest BCUT2D eigenvalue weighted by Crippen LogP contribution is 2.25. The molecule has 0 aromatic heterocycles. The lowest BCUT2D eigenvalue weighted by molar-refractivity contribution is -0.137. The van der Waals surface area contributed by atoms with E-state index in [4.69, 9.17) is 5.11 Å². The van der Waals surface area contributed by atoms with Gasteiger partial charge in [0.2, 0.25) is 0 Å². The molecule has 1 atom stereocenters. The van der Waals surface area contributed by atoms with Gasteiger partial charge in [0.1, 0.15) is 5.78 Å². The fraction of sp³-hybridized carbons (Fsp3) is 0.818. The molecule has 0 bridgehead atoms. The topological polar surface area (TPSA) is 54.4 Å². The average Bonchev–Trinajstić information content (AvgIpc) is 2.12. The molecule has 3 nitrogen and oxygen atoms in total. The van der Waals surface area contributed by atoms with Gasteiger partial charge < -0.3 is 5.11 Å². The molecule has 0 radical (unpaired) electrons. The van der Waals surface area contributed by atoms with Crippen molar-refractivity contribution < 1.29 is 14.7 Å². The van der Waals surface area contributed by atoms with Crippen LogP contribution in [0.2, 0.25) is 0 Å². The highest BCUT2D eigenvalue weighted by Gasteiger charge is 2.18. The van der Waals surface area contributed by atoms with E-state index in [1.165, 1.54) is 0 Å². The van der Waals surface area contributed by atoms with E-state index in [2.05, 4.69) is 0 Å². The minimum Gasteiger partial charge on any atom is -0.481 e. The van der Waals surface area contributed by atoms with Gasteiger partial charge in [0.15, 0.2) is 0 Å². The summed E-state index contributed by atoms with van der Waals surface area (Å²) in [6, 6.07) is 0. The second kappa shape index (κ2) is 5.78. The number of hydrogen-bond acceptors (Lipinski definition) is 2. The third-order valence-corrected chi connectivity index (χ3v) is 2.84. The first-order valence-corrected chi connectivity index (χ1v) is 5.42. The van der Waals surface area contributed by atoms with Crippen molar-refractivity contribution in [1.82, 2.24) is 0 Å². The maximum atomic E-state index is 11.1. The summed E-state index contributed by atoms with van der Waals surface area (Å²) in [5.74, 6) is 0.203. The molecule has 1 rings (SSSR count). The van der Waals surface area contributed by atoms with E-state index in [1.54, 1.807) is 0 Å². The number of Topliss-reactive ketones (excluding diaryl/α,β-unsaturated/α-hetero) is 1. The largest absolute Gasteiger partial charge is 0.481 e. The summed E-state index contributed by atoms with van der Waals surface area (Å²) in [7, 11) is 0. The molecule has 0 aliphatic heterocycles. The summed E-state index contributed by atoms with van der Waals surface area (Å²) in [5.41, 5.74) is 0. The Morgan fingerprint density at radius 1 is 1.43 bits per heavy atom. The number of carboxylic acid groups (broad SMARTS) is 1. The van der Waals surface area contributed by atoms with Crippen molar-refractivity contribution in [3.63, 3.8) is 0 Å². The standard InChI is InChI=1S/C11H18O3/c12-10-6-3-5-9(8-10)4-1-2-7-11(13)14/h9H,1-8H2,(H,13,14). The number of aliphatic carboxylic acids is 1. The van der Waals surface area contributed by atoms with Gasteiger partial charge in [-0.05, 0) is 25.2 Å². The first-order chi connectivity index (χ1) is 6.68.